The lowest BCUT2D eigenvalue weighted by Crippen LogP contribution is -2.37. The van der Waals surface area contributed by atoms with Gasteiger partial charge in [-0.15, -0.1) is 0 Å². The smallest absolute Gasteiger partial charge is 0.305 e. The van der Waals surface area contributed by atoms with Gasteiger partial charge in [-0.25, -0.2) is 0 Å². The average Bonchev–Trinajstić information content (AvgIpc) is 3.60. The van der Waals surface area contributed by atoms with E-state index < -0.39 is 5.97 Å². The number of para-hydroxylation sites is 2. The van der Waals surface area contributed by atoms with Crippen LogP contribution in [0.1, 0.15) is 11.4 Å². The molecule has 11 nitrogen and oxygen atoms in total. The lowest BCUT2D eigenvalue weighted by Gasteiger charge is -2.20. The first-order valence-electron chi connectivity index (χ1n) is 15.2. The number of ether oxygens (including phenoxy) is 6. The lowest BCUT2D eigenvalue weighted by atomic mass is 10.3. The number of benzene rings is 2. The highest BCUT2D eigenvalue weighted by Gasteiger charge is 2.24. The van der Waals surface area contributed by atoms with Gasteiger partial charge in [-0.1, -0.05) is 53.4 Å². The summed E-state index contributed by atoms with van der Waals surface area (Å²) in [6, 6.07) is 16.7. The van der Waals surface area contributed by atoms with Gasteiger partial charge in [-0.05, 0) is 24.3 Å². The van der Waals surface area contributed by atoms with Gasteiger partial charge in [0.1, 0.15) is 17.9 Å². The molecule has 0 aliphatic carbocycles. The van der Waals surface area contributed by atoms with Crippen molar-refractivity contribution in [1.82, 2.24) is 0 Å². The quantitative estimate of drug-likeness (QED) is 0.0830. The van der Waals surface area contributed by atoms with Crippen molar-refractivity contribution in [2.75, 3.05) is 84.1 Å². The number of thioether (sulfide) groups is 1. The number of thiazole rings is 1. The lowest BCUT2D eigenvalue weighted by molar-refractivity contribution is -0.670. The van der Waals surface area contributed by atoms with E-state index in [1.807, 2.05) is 12.1 Å². The zero-order chi connectivity index (χ0) is 32.2. The molecular formula is C33H41N2O9S2+. The second kappa shape index (κ2) is 20.7. The van der Waals surface area contributed by atoms with Crippen molar-refractivity contribution in [2.45, 2.75) is 17.9 Å². The van der Waals surface area contributed by atoms with Crippen molar-refractivity contribution in [3.05, 3.63) is 70.7 Å². The molecule has 2 aromatic carbocycles. The molecule has 4 rings (SSSR count). The standard InChI is InChI=1S/C33H40N2O9S2/c36-26-44-25-24-43-23-22-42-21-20-41-17-14-35-28-7-2-4-9-30(28)46-32(35)11-5-10-31-34(27-6-1-3-8-29(27)45-31)13-16-40-19-18-39-15-12-33(37)38/h1-11,26H,12-25H2/p+1. The summed E-state index contributed by atoms with van der Waals surface area (Å²) >= 11 is 3.48. The van der Waals surface area contributed by atoms with Gasteiger partial charge in [-0.2, -0.15) is 4.57 Å². The van der Waals surface area contributed by atoms with E-state index in [9.17, 15) is 9.59 Å². The fraction of sp³-hybridized carbons (Fsp3) is 0.424. The number of fused-ring (bicyclic) bond motifs is 2. The monoisotopic (exact) mass is 673 g/mol. The van der Waals surface area contributed by atoms with Crippen LogP contribution in [0.5, 0.6) is 0 Å². The number of rotatable bonds is 24. The van der Waals surface area contributed by atoms with Crippen LogP contribution in [0.2, 0.25) is 0 Å². The topological polar surface area (TPSA) is 117 Å². The first-order valence-corrected chi connectivity index (χ1v) is 16.8. The molecule has 0 atom stereocenters. The normalized spacial score (nSPS) is 13.7. The molecule has 2 heterocycles. The molecule has 46 heavy (non-hydrogen) atoms. The van der Waals surface area contributed by atoms with Crippen molar-refractivity contribution in [2.24, 2.45) is 0 Å². The Morgan fingerprint density at radius 1 is 0.804 bits per heavy atom. The van der Waals surface area contributed by atoms with Crippen LogP contribution >= 0.6 is 23.1 Å². The zero-order valence-corrected chi connectivity index (χ0v) is 27.4. The number of nitrogens with zero attached hydrogens (tertiary/aromatic N) is 2. The summed E-state index contributed by atoms with van der Waals surface area (Å²) in [5.41, 5.74) is 2.33. The maximum atomic E-state index is 10.6. The molecule has 1 N–H and O–H groups in total. The summed E-state index contributed by atoms with van der Waals surface area (Å²) < 4.78 is 35.9. The first kappa shape index (κ1) is 35.6. The van der Waals surface area contributed by atoms with E-state index in [1.165, 1.54) is 15.1 Å². The summed E-state index contributed by atoms with van der Waals surface area (Å²) in [4.78, 5) is 24.2. The average molecular weight is 674 g/mol. The van der Waals surface area contributed by atoms with E-state index in [1.54, 1.807) is 23.1 Å². The van der Waals surface area contributed by atoms with Crippen molar-refractivity contribution >= 4 is 57.5 Å². The van der Waals surface area contributed by atoms with Crippen molar-refractivity contribution in [3.8, 4) is 0 Å². The van der Waals surface area contributed by atoms with Gasteiger partial charge >= 0.3 is 5.97 Å². The van der Waals surface area contributed by atoms with Crippen molar-refractivity contribution < 1.29 is 47.7 Å². The van der Waals surface area contributed by atoms with E-state index in [4.69, 9.17) is 28.8 Å². The summed E-state index contributed by atoms with van der Waals surface area (Å²) in [5, 5.41) is 11.0. The third kappa shape index (κ3) is 11.8. The first-order chi connectivity index (χ1) is 22.7. The number of hydrogen-bond donors (Lipinski definition) is 1. The molecule has 0 radical (unpaired) electrons. The van der Waals surface area contributed by atoms with E-state index in [-0.39, 0.29) is 19.6 Å². The van der Waals surface area contributed by atoms with Gasteiger partial charge in [-0.3, -0.25) is 9.59 Å². The number of aliphatic carboxylic acids is 1. The number of carboxylic acid groups (broad SMARTS) is 1. The number of aromatic nitrogens is 1. The van der Waals surface area contributed by atoms with Crippen LogP contribution in [-0.2, 0) is 44.6 Å². The Hall–Kier alpha value is -3.30. The van der Waals surface area contributed by atoms with Crippen molar-refractivity contribution in [3.63, 3.8) is 0 Å². The highest BCUT2D eigenvalue weighted by molar-refractivity contribution is 8.03. The number of hydrogen-bond acceptors (Lipinski definition) is 11. The Bertz CT molecular complexity index is 1430. The predicted octanol–water partition coefficient (Wildman–Crippen LogP) is 4.39. The second-order valence-electron chi connectivity index (χ2n) is 9.82. The predicted molar refractivity (Wildman–Crippen MR) is 177 cm³/mol. The number of anilines is 1. The highest BCUT2D eigenvalue weighted by atomic mass is 32.2. The Morgan fingerprint density at radius 2 is 1.46 bits per heavy atom. The fourth-order valence-electron chi connectivity index (χ4n) is 4.52. The van der Waals surface area contributed by atoms with Gasteiger partial charge in [0.15, 0.2) is 6.54 Å². The van der Waals surface area contributed by atoms with Crippen LogP contribution < -0.4 is 9.47 Å². The van der Waals surface area contributed by atoms with E-state index in [0.29, 0.717) is 79.0 Å². The molecule has 0 unspecified atom stereocenters. The molecule has 0 amide bonds. The Balaban J connectivity index is 1.27. The highest BCUT2D eigenvalue weighted by Crippen LogP contribution is 2.45. The number of carbonyl (C=O) groups excluding carboxylic acids is 1. The molecule has 1 aliphatic heterocycles. The van der Waals surface area contributed by atoms with E-state index in [2.05, 4.69) is 68.8 Å². The molecule has 0 fully saturated rings. The van der Waals surface area contributed by atoms with Gasteiger partial charge in [0, 0.05) is 23.6 Å². The van der Waals surface area contributed by atoms with E-state index >= 15 is 0 Å². The minimum atomic E-state index is -0.868. The molecule has 3 aromatic rings. The minimum absolute atomic E-state index is 0.00530. The summed E-state index contributed by atoms with van der Waals surface area (Å²) in [7, 11) is 0. The van der Waals surface area contributed by atoms with Crippen LogP contribution in [0, 0.1) is 0 Å². The molecule has 13 heteroatoms. The van der Waals surface area contributed by atoms with Crippen LogP contribution in [0.25, 0.3) is 16.3 Å². The molecule has 1 aliphatic rings. The molecule has 1 aromatic heterocycles. The van der Waals surface area contributed by atoms with Gasteiger partial charge in [0.2, 0.25) is 5.52 Å². The third-order valence-electron chi connectivity index (χ3n) is 6.66. The summed E-state index contributed by atoms with van der Waals surface area (Å²) in [6.07, 6.45) is 6.38. The molecule has 0 bridgehead atoms. The largest absolute Gasteiger partial charge is 0.481 e. The SMILES string of the molecule is O=COCCOCCOCCOCC[n+]1c(/C=C/C=C2\Sc3ccccc3N2CCOCCOCCC(=O)O)sc2ccccc21. The molecular weight excluding hydrogens is 633 g/mol. The number of carboxylic acids is 1. The van der Waals surface area contributed by atoms with Crippen LogP contribution in [-0.4, -0.2) is 96.8 Å². The van der Waals surface area contributed by atoms with Crippen molar-refractivity contribution in [1.29, 1.82) is 0 Å². The minimum Gasteiger partial charge on any atom is -0.481 e. The molecule has 0 saturated heterocycles. The Kier molecular flexibility index (Phi) is 16.0. The maximum Gasteiger partial charge on any atom is 0.305 e. The van der Waals surface area contributed by atoms with Gasteiger partial charge in [0.25, 0.3) is 11.5 Å². The Labute approximate surface area is 277 Å². The second-order valence-corrected chi connectivity index (χ2v) is 11.9. The van der Waals surface area contributed by atoms with Crippen LogP contribution in [0.3, 0.4) is 0 Å². The summed E-state index contributed by atoms with van der Waals surface area (Å²) in [6.45, 7) is 6.32. The Morgan fingerprint density at radius 3 is 2.22 bits per heavy atom. The molecule has 0 spiro atoms. The van der Waals surface area contributed by atoms with Crippen LogP contribution in [0.15, 0.2) is 70.6 Å². The fourth-order valence-corrected chi connectivity index (χ4v) is 6.72. The van der Waals surface area contributed by atoms with E-state index in [0.717, 1.165) is 15.7 Å². The number of allylic oxidation sites excluding steroid dienone is 2. The summed E-state index contributed by atoms with van der Waals surface area (Å²) in [5.74, 6) is -0.868. The molecule has 0 saturated carbocycles. The molecule has 248 valence electrons. The third-order valence-corrected chi connectivity index (χ3v) is 8.92. The van der Waals surface area contributed by atoms with Crippen LogP contribution in [0.4, 0.5) is 5.69 Å². The van der Waals surface area contributed by atoms with Gasteiger partial charge in [0.05, 0.1) is 76.6 Å². The van der Waals surface area contributed by atoms with Gasteiger partial charge < -0.3 is 38.4 Å². The maximum absolute atomic E-state index is 10.6. The number of carbonyl (C=O) groups is 2. The zero-order valence-electron chi connectivity index (χ0n) is 25.8.